The standard InChI is InChI=1S/C17H28N2O3.ClH/c1-5-17(6-2,12-18)16(20)19-11-13(3)22-15-10-8-7-9-14(15)21-4;/h7-10,13H,5-6,11-12,18H2,1-4H3,(H,19,20);1H. The first-order valence-electron chi connectivity index (χ1n) is 7.81. The largest absolute Gasteiger partial charge is 0.493 e. The molecule has 0 aliphatic heterocycles. The molecule has 23 heavy (non-hydrogen) atoms. The zero-order valence-electron chi connectivity index (χ0n) is 14.4. The SMILES string of the molecule is CCC(CC)(CN)C(=O)NCC(C)Oc1ccccc1OC.Cl. The zero-order valence-corrected chi connectivity index (χ0v) is 15.2. The van der Waals surface area contributed by atoms with Crippen LogP contribution in [0, 0.1) is 5.41 Å². The number of carbonyl (C=O) groups excluding carboxylic acids is 1. The lowest BCUT2D eigenvalue weighted by Gasteiger charge is -2.29. The van der Waals surface area contributed by atoms with Gasteiger partial charge in [0.25, 0.3) is 0 Å². The van der Waals surface area contributed by atoms with E-state index in [9.17, 15) is 4.79 Å². The predicted octanol–water partition coefficient (Wildman–Crippen LogP) is 2.77. The maximum atomic E-state index is 12.4. The van der Waals surface area contributed by atoms with E-state index in [1.54, 1.807) is 7.11 Å². The molecule has 3 N–H and O–H groups in total. The van der Waals surface area contributed by atoms with Crippen LogP contribution in [0.2, 0.25) is 0 Å². The van der Waals surface area contributed by atoms with Crippen molar-refractivity contribution in [2.24, 2.45) is 11.1 Å². The molecule has 1 rings (SSSR count). The molecule has 1 amide bonds. The molecule has 1 atom stereocenters. The van der Waals surface area contributed by atoms with Crippen molar-refractivity contribution in [3.05, 3.63) is 24.3 Å². The number of para-hydroxylation sites is 2. The van der Waals surface area contributed by atoms with Gasteiger partial charge in [0.15, 0.2) is 11.5 Å². The maximum Gasteiger partial charge on any atom is 0.227 e. The van der Waals surface area contributed by atoms with E-state index in [0.717, 1.165) is 12.8 Å². The number of ether oxygens (including phenoxy) is 2. The predicted molar refractivity (Wildman–Crippen MR) is 95.4 cm³/mol. The third-order valence-corrected chi connectivity index (χ3v) is 4.17. The Balaban J connectivity index is 0.00000484. The number of hydrogen-bond acceptors (Lipinski definition) is 4. The summed E-state index contributed by atoms with van der Waals surface area (Å²) in [6, 6.07) is 7.46. The molecule has 1 aromatic rings. The van der Waals surface area contributed by atoms with Crippen LogP contribution < -0.4 is 20.5 Å². The Labute approximate surface area is 145 Å². The minimum absolute atomic E-state index is 0. The first-order chi connectivity index (χ1) is 10.5. The quantitative estimate of drug-likeness (QED) is 0.722. The summed E-state index contributed by atoms with van der Waals surface area (Å²) in [4.78, 5) is 12.4. The Bertz CT molecular complexity index is 470. The topological polar surface area (TPSA) is 73.6 Å². The lowest BCUT2D eigenvalue weighted by Crippen LogP contribution is -2.47. The molecule has 0 aliphatic carbocycles. The Morgan fingerprint density at radius 3 is 2.30 bits per heavy atom. The highest BCUT2D eigenvalue weighted by Crippen LogP contribution is 2.27. The van der Waals surface area contributed by atoms with Gasteiger partial charge in [-0.1, -0.05) is 26.0 Å². The Morgan fingerprint density at radius 1 is 1.26 bits per heavy atom. The molecule has 132 valence electrons. The van der Waals surface area contributed by atoms with Gasteiger partial charge in [-0.15, -0.1) is 12.4 Å². The summed E-state index contributed by atoms with van der Waals surface area (Å²) >= 11 is 0. The first kappa shape index (κ1) is 21.5. The average Bonchev–Trinajstić information content (AvgIpc) is 2.55. The van der Waals surface area contributed by atoms with Crippen molar-refractivity contribution < 1.29 is 14.3 Å². The van der Waals surface area contributed by atoms with Crippen molar-refractivity contribution in [1.82, 2.24) is 5.32 Å². The summed E-state index contributed by atoms with van der Waals surface area (Å²) in [7, 11) is 1.60. The minimum Gasteiger partial charge on any atom is -0.493 e. The van der Waals surface area contributed by atoms with Crippen LogP contribution in [0.25, 0.3) is 0 Å². The summed E-state index contributed by atoms with van der Waals surface area (Å²) in [5, 5.41) is 2.95. The van der Waals surface area contributed by atoms with Crippen molar-refractivity contribution in [1.29, 1.82) is 0 Å². The maximum absolute atomic E-state index is 12.4. The highest BCUT2D eigenvalue weighted by molar-refractivity contribution is 5.85. The van der Waals surface area contributed by atoms with Gasteiger partial charge >= 0.3 is 0 Å². The molecule has 0 fully saturated rings. The van der Waals surface area contributed by atoms with Gasteiger partial charge < -0.3 is 20.5 Å². The van der Waals surface area contributed by atoms with Crippen LogP contribution >= 0.6 is 12.4 Å². The fraction of sp³-hybridized carbons (Fsp3) is 0.588. The highest BCUT2D eigenvalue weighted by Gasteiger charge is 2.33. The van der Waals surface area contributed by atoms with E-state index in [1.807, 2.05) is 45.0 Å². The molecule has 1 aromatic carbocycles. The van der Waals surface area contributed by atoms with Gasteiger partial charge in [0, 0.05) is 6.54 Å². The van der Waals surface area contributed by atoms with E-state index in [0.29, 0.717) is 24.6 Å². The van der Waals surface area contributed by atoms with E-state index in [-0.39, 0.29) is 24.4 Å². The van der Waals surface area contributed by atoms with Crippen molar-refractivity contribution in [3.8, 4) is 11.5 Å². The Hall–Kier alpha value is -1.46. The van der Waals surface area contributed by atoms with Crippen LogP contribution in [0.4, 0.5) is 0 Å². The molecular weight excluding hydrogens is 316 g/mol. The van der Waals surface area contributed by atoms with Crippen LogP contribution in [0.3, 0.4) is 0 Å². The number of amides is 1. The normalized spacial score (nSPS) is 12.0. The molecule has 6 heteroatoms. The second kappa shape index (κ2) is 10.3. The second-order valence-corrected chi connectivity index (χ2v) is 5.48. The molecule has 0 saturated carbocycles. The molecule has 1 unspecified atom stereocenters. The van der Waals surface area contributed by atoms with Gasteiger partial charge in [0.05, 0.1) is 19.1 Å². The summed E-state index contributed by atoms with van der Waals surface area (Å²) in [6.07, 6.45) is 1.30. The third kappa shape index (κ3) is 5.59. The fourth-order valence-corrected chi connectivity index (χ4v) is 2.35. The molecule has 0 aromatic heterocycles. The van der Waals surface area contributed by atoms with Crippen LogP contribution in [0.15, 0.2) is 24.3 Å². The molecule has 0 aliphatic rings. The van der Waals surface area contributed by atoms with E-state index >= 15 is 0 Å². The van der Waals surface area contributed by atoms with Crippen LogP contribution in [0.5, 0.6) is 11.5 Å². The minimum atomic E-state index is -0.482. The Kier molecular flexibility index (Phi) is 9.68. The van der Waals surface area contributed by atoms with Crippen molar-refractivity contribution >= 4 is 18.3 Å². The number of nitrogens with one attached hydrogen (secondary N) is 1. The van der Waals surface area contributed by atoms with Gasteiger partial charge in [-0.05, 0) is 31.9 Å². The van der Waals surface area contributed by atoms with Gasteiger partial charge in [-0.3, -0.25) is 4.79 Å². The summed E-state index contributed by atoms with van der Waals surface area (Å²) in [5.74, 6) is 1.34. The smallest absolute Gasteiger partial charge is 0.227 e. The molecule has 0 saturated heterocycles. The lowest BCUT2D eigenvalue weighted by molar-refractivity contribution is -0.131. The highest BCUT2D eigenvalue weighted by atomic mass is 35.5. The fourth-order valence-electron chi connectivity index (χ4n) is 2.35. The monoisotopic (exact) mass is 344 g/mol. The number of halogens is 1. The summed E-state index contributed by atoms with van der Waals surface area (Å²) < 4.78 is 11.1. The number of methoxy groups -OCH3 is 1. The van der Waals surface area contributed by atoms with Crippen molar-refractivity contribution in [2.45, 2.75) is 39.7 Å². The van der Waals surface area contributed by atoms with E-state index in [1.165, 1.54) is 0 Å². The molecular formula is C17H29ClN2O3. The molecule has 0 heterocycles. The van der Waals surface area contributed by atoms with E-state index < -0.39 is 5.41 Å². The molecule has 0 spiro atoms. The third-order valence-electron chi connectivity index (χ3n) is 4.17. The van der Waals surface area contributed by atoms with Crippen LogP contribution in [-0.4, -0.2) is 32.2 Å². The van der Waals surface area contributed by atoms with E-state index in [2.05, 4.69) is 5.32 Å². The Morgan fingerprint density at radius 2 is 1.83 bits per heavy atom. The van der Waals surface area contributed by atoms with Crippen molar-refractivity contribution in [3.63, 3.8) is 0 Å². The lowest BCUT2D eigenvalue weighted by atomic mass is 9.81. The number of benzene rings is 1. The zero-order chi connectivity index (χ0) is 16.6. The van der Waals surface area contributed by atoms with Gasteiger partial charge in [0.1, 0.15) is 6.10 Å². The molecule has 0 bridgehead atoms. The molecule has 0 radical (unpaired) electrons. The molecule has 5 nitrogen and oxygen atoms in total. The summed E-state index contributed by atoms with van der Waals surface area (Å²) in [5.41, 5.74) is 5.31. The number of nitrogens with two attached hydrogens (primary N) is 1. The van der Waals surface area contributed by atoms with Gasteiger partial charge in [-0.25, -0.2) is 0 Å². The first-order valence-corrected chi connectivity index (χ1v) is 7.81. The van der Waals surface area contributed by atoms with Crippen LogP contribution in [-0.2, 0) is 4.79 Å². The second-order valence-electron chi connectivity index (χ2n) is 5.48. The van der Waals surface area contributed by atoms with E-state index in [4.69, 9.17) is 15.2 Å². The van der Waals surface area contributed by atoms with Crippen LogP contribution in [0.1, 0.15) is 33.6 Å². The van der Waals surface area contributed by atoms with Gasteiger partial charge in [-0.2, -0.15) is 0 Å². The number of rotatable bonds is 9. The van der Waals surface area contributed by atoms with Crippen molar-refractivity contribution in [2.75, 3.05) is 20.2 Å². The average molecular weight is 345 g/mol. The summed E-state index contributed by atoms with van der Waals surface area (Å²) in [6.45, 7) is 6.68. The number of hydrogen-bond donors (Lipinski definition) is 2. The van der Waals surface area contributed by atoms with Gasteiger partial charge in [0.2, 0.25) is 5.91 Å². The number of carbonyl (C=O) groups is 1.